The molecule has 0 radical (unpaired) electrons. The molecule has 2 N–H and O–H groups in total. The number of carbonyl (C=O) groups is 1. The number of aliphatic carboxylic acids is 1. The normalized spacial score (nSPS) is 27.4. The third-order valence-electron chi connectivity index (χ3n) is 3.37. The molecule has 0 aromatic heterocycles. The van der Waals surface area contributed by atoms with Gasteiger partial charge in [-0.2, -0.15) is 0 Å². The van der Waals surface area contributed by atoms with Crippen LogP contribution in [0.2, 0.25) is 0 Å². The largest absolute Gasteiger partial charge is 0.496 e. The maximum atomic E-state index is 10.8. The highest BCUT2D eigenvalue weighted by molar-refractivity contribution is 5.72. The quantitative estimate of drug-likeness (QED) is 0.838. The van der Waals surface area contributed by atoms with Crippen molar-refractivity contribution in [3.63, 3.8) is 0 Å². The van der Waals surface area contributed by atoms with E-state index in [0.717, 1.165) is 5.56 Å². The number of rotatable bonds is 3. The van der Waals surface area contributed by atoms with Crippen molar-refractivity contribution < 1.29 is 19.7 Å². The summed E-state index contributed by atoms with van der Waals surface area (Å²) in [5.41, 5.74) is 0.658. The molecule has 0 unspecified atom stereocenters. The molecule has 1 aromatic rings. The Morgan fingerprint density at radius 1 is 1.47 bits per heavy atom. The topological polar surface area (TPSA) is 66.8 Å². The minimum absolute atomic E-state index is 0.252. The molecule has 0 atom stereocenters. The number of benzene rings is 1. The van der Waals surface area contributed by atoms with E-state index >= 15 is 0 Å². The first-order valence-electron chi connectivity index (χ1n) is 5.56. The Hall–Kier alpha value is -1.55. The summed E-state index contributed by atoms with van der Waals surface area (Å²) >= 11 is 0. The van der Waals surface area contributed by atoms with Crippen LogP contribution in [0, 0.1) is 12.8 Å². The molecule has 0 amide bonds. The van der Waals surface area contributed by atoms with Gasteiger partial charge in [-0.15, -0.1) is 0 Å². The zero-order chi connectivity index (χ0) is 12.6. The maximum absolute atomic E-state index is 10.8. The van der Waals surface area contributed by atoms with Crippen molar-refractivity contribution in [2.45, 2.75) is 25.4 Å². The van der Waals surface area contributed by atoms with Crippen molar-refractivity contribution in [2.75, 3.05) is 7.11 Å². The lowest BCUT2D eigenvalue weighted by atomic mass is 9.67. The first kappa shape index (κ1) is 11.9. The zero-order valence-corrected chi connectivity index (χ0v) is 9.93. The molecule has 1 aliphatic rings. The molecular formula is C13H16O4. The van der Waals surface area contributed by atoms with E-state index < -0.39 is 17.5 Å². The third kappa shape index (κ3) is 2.00. The van der Waals surface area contributed by atoms with Gasteiger partial charge in [-0.25, -0.2) is 0 Å². The van der Waals surface area contributed by atoms with Gasteiger partial charge in [0.05, 0.1) is 18.6 Å². The van der Waals surface area contributed by atoms with Crippen LogP contribution in [0.1, 0.15) is 24.0 Å². The van der Waals surface area contributed by atoms with Crippen molar-refractivity contribution >= 4 is 5.97 Å². The molecule has 4 nitrogen and oxygen atoms in total. The van der Waals surface area contributed by atoms with Gasteiger partial charge in [-0.1, -0.05) is 11.6 Å². The lowest BCUT2D eigenvalue weighted by Gasteiger charge is -2.42. The smallest absolute Gasteiger partial charge is 0.306 e. The summed E-state index contributed by atoms with van der Waals surface area (Å²) in [7, 11) is 1.55. The zero-order valence-electron chi connectivity index (χ0n) is 9.93. The molecule has 0 bridgehead atoms. The number of hydrogen-bond donors (Lipinski definition) is 2. The molecule has 1 saturated carbocycles. The van der Waals surface area contributed by atoms with Crippen molar-refractivity contribution in [3.05, 3.63) is 29.3 Å². The number of carboxylic acid groups (broad SMARTS) is 1. The molecule has 17 heavy (non-hydrogen) atoms. The number of carboxylic acids is 1. The van der Waals surface area contributed by atoms with Crippen molar-refractivity contribution in [1.29, 1.82) is 0 Å². The van der Waals surface area contributed by atoms with E-state index in [2.05, 4.69) is 0 Å². The Kier molecular flexibility index (Phi) is 2.83. The van der Waals surface area contributed by atoms with Crippen molar-refractivity contribution in [3.8, 4) is 5.75 Å². The predicted octanol–water partition coefficient (Wildman–Crippen LogP) is 1.69. The van der Waals surface area contributed by atoms with Crippen LogP contribution in [0.25, 0.3) is 0 Å². The van der Waals surface area contributed by atoms with Crippen LogP contribution in [0.4, 0.5) is 0 Å². The van der Waals surface area contributed by atoms with Crippen LogP contribution < -0.4 is 4.74 Å². The van der Waals surface area contributed by atoms with E-state index in [9.17, 15) is 9.90 Å². The second kappa shape index (κ2) is 4.04. The molecule has 0 aliphatic heterocycles. The molecule has 0 saturated heterocycles. The molecule has 0 spiro atoms. The summed E-state index contributed by atoms with van der Waals surface area (Å²) < 4.78 is 5.21. The second-order valence-electron chi connectivity index (χ2n) is 4.68. The first-order valence-corrected chi connectivity index (χ1v) is 5.56. The SMILES string of the molecule is COc1ccc(C)cc1C1(O)CC(C(=O)O)C1. The fourth-order valence-electron chi connectivity index (χ4n) is 2.34. The average Bonchev–Trinajstić information content (AvgIpc) is 2.24. The van der Waals surface area contributed by atoms with Gasteiger partial charge in [0.25, 0.3) is 0 Å². The van der Waals surface area contributed by atoms with Crippen molar-refractivity contribution in [2.24, 2.45) is 5.92 Å². The lowest BCUT2D eigenvalue weighted by molar-refractivity contribution is -0.159. The van der Waals surface area contributed by atoms with E-state index in [1.807, 2.05) is 19.1 Å². The van der Waals surface area contributed by atoms with Crippen LogP contribution >= 0.6 is 0 Å². The maximum Gasteiger partial charge on any atom is 0.306 e. The van der Waals surface area contributed by atoms with Gasteiger partial charge in [-0.3, -0.25) is 4.79 Å². The van der Waals surface area contributed by atoms with Gasteiger partial charge >= 0.3 is 5.97 Å². The highest BCUT2D eigenvalue weighted by atomic mass is 16.5. The predicted molar refractivity (Wildman–Crippen MR) is 62.0 cm³/mol. The Bertz CT molecular complexity index is 447. The van der Waals surface area contributed by atoms with Crippen molar-refractivity contribution in [1.82, 2.24) is 0 Å². The Labute approximate surface area is 99.8 Å². The van der Waals surface area contributed by atoms with Crippen LogP contribution in [-0.2, 0) is 10.4 Å². The summed E-state index contributed by atoms with van der Waals surface area (Å²) in [6.45, 7) is 1.93. The second-order valence-corrected chi connectivity index (χ2v) is 4.68. The Morgan fingerprint density at radius 2 is 2.12 bits per heavy atom. The van der Waals surface area contributed by atoms with E-state index in [-0.39, 0.29) is 12.8 Å². The number of hydrogen-bond acceptors (Lipinski definition) is 3. The van der Waals surface area contributed by atoms with E-state index in [0.29, 0.717) is 11.3 Å². The molecule has 0 heterocycles. The summed E-state index contributed by atoms with van der Waals surface area (Å²) in [6, 6.07) is 5.56. The number of aliphatic hydroxyl groups is 1. The van der Waals surface area contributed by atoms with Gasteiger partial charge in [0.2, 0.25) is 0 Å². The number of aryl methyl sites for hydroxylation is 1. The average molecular weight is 236 g/mol. The number of methoxy groups -OCH3 is 1. The molecule has 2 rings (SSSR count). The Balaban J connectivity index is 2.29. The summed E-state index contributed by atoms with van der Waals surface area (Å²) in [5.74, 6) is -0.687. The third-order valence-corrected chi connectivity index (χ3v) is 3.37. The van der Waals surface area contributed by atoms with Gasteiger partial charge in [0.1, 0.15) is 5.75 Å². The molecular weight excluding hydrogens is 220 g/mol. The van der Waals surface area contributed by atoms with Gasteiger partial charge in [0, 0.05) is 5.56 Å². The van der Waals surface area contributed by atoms with Crippen LogP contribution in [0.5, 0.6) is 5.75 Å². The van der Waals surface area contributed by atoms with Crippen LogP contribution in [0.15, 0.2) is 18.2 Å². The van der Waals surface area contributed by atoms with E-state index in [4.69, 9.17) is 9.84 Å². The summed E-state index contributed by atoms with van der Waals surface area (Å²) in [4.78, 5) is 10.8. The van der Waals surface area contributed by atoms with Crippen LogP contribution in [0.3, 0.4) is 0 Å². The molecule has 1 aliphatic carbocycles. The highest BCUT2D eigenvalue weighted by Gasteiger charge is 2.48. The van der Waals surface area contributed by atoms with Gasteiger partial charge < -0.3 is 14.9 Å². The fourth-order valence-corrected chi connectivity index (χ4v) is 2.34. The van der Waals surface area contributed by atoms with Crippen LogP contribution in [-0.4, -0.2) is 23.3 Å². The van der Waals surface area contributed by atoms with Gasteiger partial charge in [0.15, 0.2) is 0 Å². The Morgan fingerprint density at radius 3 is 2.65 bits per heavy atom. The van der Waals surface area contributed by atoms with E-state index in [1.165, 1.54) is 0 Å². The summed E-state index contributed by atoms with van der Waals surface area (Å²) in [5, 5.41) is 19.2. The fraction of sp³-hybridized carbons (Fsp3) is 0.462. The van der Waals surface area contributed by atoms with E-state index in [1.54, 1.807) is 13.2 Å². The number of ether oxygens (including phenoxy) is 1. The molecule has 1 fully saturated rings. The standard InChI is InChI=1S/C13H16O4/c1-8-3-4-11(17-2)10(5-8)13(16)6-9(7-13)12(14)15/h3-5,9,16H,6-7H2,1-2H3,(H,14,15). The minimum Gasteiger partial charge on any atom is -0.496 e. The minimum atomic E-state index is -1.06. The van der Waals surface area contributed by atoms with Gasteiger partial charge in [-0.05, 0) is 31.9 Å². The monoisotopic (exact) mass is 236 g/mol. The highest BCUT2D eigenvalue weighted by Crippen LogP contribution is 2.48. The molecule has 1 aromatic carbocycles. The first-order chi connectivity index (χ1) is 7.96. The lowest BCUT2D eigenvalue weighted by Crippen LogP contribution is -2.44. The molecule has 92 valence electrons. The molecule has 4 heteroatoms. The summed E-state index contributed by atoms with van der Waals surface area (Å²) in [6.07, 6.45) is 0.504.